The Hall–Kier alpha value is -0.660. The lowest BCUT2D eigenvalue weighted by molar-refractivity contribution is 0.694. The SMILES string of the molecule is CCC(C)N=CCCCCCC=NC(C)CC. The second-order valence-corrected chi connectivity index (χ2v) is 4.82. The molecule has 0 spiro atoms. The van der Waals surface area contributed by atoms with Gasteiger partial charge in [0.05, 0.1) is 0 Å². The van der Waals surface area contributed by atoms with Crippen LogP contribution >= 0.6 is 0 Å². The van der Waals surface area contributed by atoms with Gasteiger partial charge in [0, 0.05) is 12.1 Å². The predicted molar refractivity (Wildman–Crippen MR) is 79.6 cm³/mol. The molecule has 0 N–H and O–H groups in total. The number of nitrogens with zero attached hydrogens (tertiary/aromatic N) is 2. The highest BCUT2D eigenvalue weighted by Gasteiger charge is 1.92. The molecule has 0 rings (SSSR count). The Kier molecular flexibility index (Phi) is 11.4. The summed E-state index contributed by atoms with van der Waals surface area (Å²) >= 11 is 0. The molecule has 0 aliphatic heterocycles. The Morgan fingerprint density at radius 1 is 0.765 bits per heavy atom. The van der Waals surface area contributed by atoms with E-state index >= 15 is 0 Å². The fourth-order valence-corrected chi connectivity index (χ4v) is 1.37. The first-order chi connectivity index (χ1) is 8.20. The molecule has 0 aromatic heterocycles. The number of unbranched alkanes of at least 4 members (excludes halogenated alkanes) is 4. The van der Waals surface area contributed by atoms with Crippen LogP contribution in [-0.4, -0.2) is 24.5 Å². The van der Waals surface area contributed by atoms with Crippen LogP contribution in [0.4, 0.5) is 0 Å². The van der Waals surface area contributed by atoms with Crippen LogP contribution in [0.1, 0.15) is 72.6 Å². The molecule has 0 aromatic rings. The second kappa shape index (κ2) is 11.8. The highest BCUT2D eigenvalue weighted by molar-refractivity contribution is 5.58. The highest BCUT2D eigenvalue weighted by atomic mass is 14.7. The largest absolute Gasteiger partial charge is 0.295 e. The zero-order valence-corrected chi connectivity index (χ0v) is 12.2. The van der Waals surface area contributed by atoms with Gasteiger partial charge in [0.2, 0.25) is 0 Å². The molecule has 17 heavy (non-hydrogen) atoms. The van der Waals surface area contributed by atoms with Crippen molar-refractivity contribution in [2.24, 2.45) is 9.98 Å². The molecular weight excluding hydrogens is 208 g/mol. The van der Waals surface area contributed by atoms with Gasteiger partial charge in [0.1, 0.15) is 0 Å². The topological polar surface area (TPSA) is 24.7 Å². The maximum atomic E-state index is 4.46. The van der Waals surface area contributed by atoms with Gasteiger partial charge in [-0.3, -0.25) is 9.98 Å². The first-order valence-corrected chi connectivity index (χ1v) is 7.23. The smallest absolute Gasteiger partial charge is 0.0464 e. The molecule has 2 atom stereocenters. The van der Waals surface area contributed by atoms with E-state index in [1.165, 1.54) is 19.3 Å². The predicted octanol–water partition coefficient (Wildman–Crippen LogP) is 4.68. The van der Waals surface area contributed by atoms with E-state index in [1.807, 2.05) is 0 Å². The van der Waals surface area contributed by atoms with E-state index in [0.717, 1.165) is 25.7 Å². The minimum Gasteiger partial charge on any atom is -0.295 e. The second-order valence-electron chi connectivity index (χ2n) is 4.82. The lowest BCUT2D eigenvalue weighted by Gasteiger charge is -2.01. The van der Waals surface area contributed by atoms with Crippen molar-refractivity contribution < 1.29 is 0 Å². The monoisotopic (exact) mass is 238 g/mol. The molecule has 100 valence electrons. The quantitative estimate of drug-likeness (QED) is 0.390. The average molecular weight is 238 g/mol. The number of rotatable bonds is 10. The van der Waals surface area contributed by atoms with Gasteiger partial charge in [-0.1, -0.05) is 20.3 Å². The van der Waals surface area contributed by atoms with Crippen molar-refractivity contribution in [1.29, 1.82) is 0 Å². The van der Waals surface area contributed by atoms with Crippen molar-refractivity contribution in [3.8, 4) is 0 Å². The van der Waals surface area contributed by atoms with Gasteiger partial charge in [0.25, 0.3) is 0 Å². The summed E-state index contributed by atoms with van der Waals surface area (Å²) in [5.41, 5.74) is 0. The van der Waals surface area contributed by atoms with Gasteiger partial charge in [-0.05, 0) is 64.8 Å². The molecule has 0 radical (unpaired) electrons. The van der Waals surface area contributed by atoms with Crippen molar-refractivity contribution in [2.45, 2.75) is 84.7 Å². The lowest BCUT2D eigenvalue weighted by atomic mass is 10.1. The summed E-state index contributed by atoms with van der Waals surface area (Å²) in [6.45, 7) is 8.70. The molecule has 2 unspecified atom stereocenters. The Balaban J connectivity index is 3.30. The van der Waals surface area contributed by atoms with E-state index in [1.54, 1.807) is 0 Å². The molecule has 2 nitrogen and oxygen atoms in total. The van der Waals surface area contributed by atoms with Crippen LogP contribution in [0.2, 0.25) is 0 Å². The molecule has 0 aromatic carbocycles. The van der Waals surface area contributed by atoms with Crippen LogP contribution in [0, 0.1) is 0 Å². The number of hydrogen-bond acceptors (Lipinski definition) is 2. The maximum Gasteiger partial charge on any atom is 0.0464 e. The third-order valence-electron chi connectivity index (χ3n) is 3.07. The maximum absolute atomic E-state index is 4.46. The van der Waals surface area contributed by atoms with Gasteiger partial charge < -0.3 is 0 Å². The lowest BCUT2D eigenvalue weighted by Crippen LogP contribution is -1.95. The van der Waals surface area contributed by atoms with Crippen molar-refractivity contribution >= 4 is 12.4 Å². The van der Waals surface area contributed by atoms with E-state index < -0.39 is 0 Å². The van der Waals surface area contributed by atoms with Crippen molar-refractivity contribution in [1.82, 2.24) is 0 Å². The zero-order chi connectivity index (χ0) is 12.9. The molecular formula is C15H30N2. The summed E-state index contributed by atoms with van der Waals surface area (Å²) in [6.07, 6.45) is 12.6. The molecule has 0 heterocycles. The minimum absolute atomic E-state index is 0.498. The van der Waals surface area contributed by atoms with Gasteiger partial charge in [-0.25, -0.2) is 0 Å². The van der Waals surface area contributed by atoms with Crippen LogP contribution in [0.3, 0.4) is 0 Å². The van der Waals surface area contributed by atoms with Crippen LogP contribution in [0.5, 0.6) is 0 Å². The van der Waals surface area contributed by atoms with Gasteiger partial charge in [-0.2, -0.15) is 0 Å². The van der Waals surface area contributed by atoms with Crippen molar-refractivity contribution in [3.63, 3.8) is 0 Å². The van der Waals surface area contributed by atoms with E-state index in [-0.39, 0.29) is 0 Å². The minimum atomic E-state index is 0.498. The van der Waals surface area contributed by atoms with E-state index in [0.29, 0.717) is 12.1 Å². The highest BCUT2D eigenvalue weighted by Crippen LogP contribution is 2.02. The molecule has 0 saturated carbocycles. The van der Waals surface area contributed by atoms with E-state index in [9.17, 15) is 0 Å². The fraction of sp³-hybridized carbons (Fsp3) is 0.867. The third kappa shape index (κ3) is 11.6. The summed E-state index contributed by atoms with van der Waals surface area (Å²) in [6, 6.07) is 0.996. The normalized spacial score (nSPS) is 15.8. The summed E-state index contributed by atoms with van der Waals surface area (Å²) < 4.78 is 0. The Morgan fingerprint density at radius 2 is 1.18 bits per heavy atom. The summed E-state index contributed by atoms with van der Waals surface area (Å²) in [5, 5.41) is 0. The van der Waals surface area contributed by atoms with Crippen LogP contribution < -0.4 is 0 Å². The molecule has 0 saturated heterocycles. The Labute approximate surface area is 108 Å². The molecule has 0 bridgehead atoms. The summed E-state index contributed by atoms with van der Waals surface area (Å²) in [5.74, 6) is 0. The van der Waals surface area contributed by atoms with Crippen molar-refractivity contribution in [2.75, 3.05) is 0 Å². The first kappa shape index (κ1) is 16.3. The van der Waals surface area contributed by atoms with E-state index in [2.05, 4.69) is 50.1 Å². The van der Waals surface area contributed by atoms with Crippen LogP contribution in [-0.2, 0) is 0 Å². The third-order valence-corrected chi connectivity index (χ3v) is 3.07. The Bertz CT molecular complexity index is 187. The molecule has 0 aliphatic carbocycles. The number of hydrogen-bond donors (Lipinski definition) is 0. The van der Waals surface area contributed by atoms with E-state index in [4.69, 9.17) is 0 Å². The average Bonchev–Trinajstić information content (AvgIpc) is 2.35. The van der Waals surface area contributed by atoms with Crippen LogP contribution in [0.25, 0.3) is 0 Å². The first-order valence-electron chi connectivity index (χ1n) is 7.23. The van der Waals surface area contributed by atoms with Gasteiger partial charge in [-0.15, -0.1) is 0 Å². The van der Waals surface area contributed by atoms with Gasteiger partial charge in [0.15, 0.2) is 0 Å². The molecule has 0 amide bonds. The Morgan fingerprint density at radius 3 is 1.53 bits per heavy atom. The molecule has 2 heteroatoms. The molecule has 0 fully saturated rings. The van der Waals surface area contributed by atoms with Crippen molar-refractivity contribution in [3.05, 3.63) is 0 Å². The summed E-state index contributed by atoms with van der Waals surface area (Å²) in [7, 11) is 0. The molecule has 0 aliphatic rings. The standard InChI is InChI=1S/C15H30N2/c1-5-14(3)16-12-10-8-7-9-11-13-17-15(4)6-2/h12-15H,5-11H2,1-4H3. The van der Waals surface area contributed by atoms with Gasteiger partial charge >= 0.3 is 0 Å². The zero-order valence-electron chi connectivity index (χ0n) is 12.2. The fourth-order valence-electron chi connectivity index (χ4n) is 1.37. The van der Waals surface area contributed by atoms with Crippen LogP contribution in [0.15, 0.2) is 9.98 Å². The number of aliphatic imine (C=N–C) groups is 2. The summed E-state index contributed by atoms with van der Waals surface area (Å²) in [4.78, 5) is 8.92.